The second-order valence-electron chi connectivity index (χ2n) is 14.7. The maximum Gasteiger partial charge on any atom is 0.472 e. The van der Waals surface area contributed by atoms with Gasteiger partial charge in [-0.15, -0.1) is 0 Å². The predicted molar refractivity (Wildman–Crippen MR) is 242 cm³/mol. The number of hydrogen-bond donors (Lipinski definition) is 1. The van der Waals surface area contributed by atoms with Crippen molar-refractivity contribution in [2.24, 2.45) is 4.99 Å². The molecule has 1 aromatic rings. The SMILES string of the molecule is CCCCCC/C=C\CCCCCCCC(=O)OC[C@H](COP(=O)(O)OCCN=C([O-])CCSSc1ccccn1)OC(=O)CCCCCCC/C=C\CCCCCC. The van der Waals surface area contributed by atoms with E-state index in [-0.39, 0.29) is 44.9 Å². The number of carbonyl (C=O) groups is 2. The maximum atomic E-state index is 12.7. The highest BCUT2D eigenvalue weighted by atomic mass is 33.1. The standard InChI is InChI=1S/C45H77N2O9PS2/c1-3-5-7-9-11-13-15-17-19-21-23-25-27-32-44(49)53-39-41(56-45(50)33-28-26-24-22-20-18-16-14-12-10-8-6-4-2)40-55-57(51,52)54-37-36-46-42(48)34-38-58-59-43-31-29-30-35-47-43/h13-16,29-31,35,41H,3-12,17-28,32-34,36-40H2,1-2H3,(H,46,48)(H,51,52)/p-1/b15-13-,16-14-/t41-/m1/s1. The molecule has 1 rings (SSSR count). The zero-order valence-corrected chi connectivity index (χ0v) is 38.8. The highest BCUT2D eigenvalue weighted by Gasteiger charge is 2.26. The number of aliphatic imine (C=N–C) groups is 1. The summed E-state index contributed by atoms with van der Waals surface area (Å²) in [6, 6.07) is 5.61. The number of aromatic nitrogens is 1. The molecule has 59 heavy (non-hydrogen) atoms. The first-order valence-corrected chi connectivity index (χ1v) is 26.2. The van der Waals surface area contributed by atoms with Gasteiger partial charge < -0.3 is 24.5 Å². The van der Waals surface area contributed by atoms with E-state index >= 15 is 0 Å². The summed E-state index contributed by atoms with van der Waals surface area (Å²) < 4.78 is 33.7. The number of pyridine rings is 1. The van der Waals surface area contributed by atoms with E-state index in [1.165, 1.54) is 73.0 Å². The Kier molecular flexibility index (Phi) is 37.2. The molecule has 0 spiro atoms. The number of unbranched alkanes of at least 4 members (excludes halogenated alkanes) is 18. The summed E-state index contributed by atoms with van der Waals surface area (Å²) >= 11 is 0. The summed E-state index contributed by atoms with van der Waals surface area (Å²) in [5.74, 6) is -0.728. The molecular weight excluding hydrogens is 808 g/mol. The zero-order valence-electron chi connectivity index (χ0n) is 36.3. The van der Waals surface area contributed by atoms with Crippen LogP contribution in [0.1, 0.15) is 174 Å². The van der Waals surface area contributed by atoms with Crippen molar-refractivity contribution in [2.75, 3.05) is 32.1 Å². The first-order valence-electron chi connectivity index (χ1n) is 22.4. The topological polar surface area (TPSA) is 157 Å². The molecule has 0 fully saturated rings. The Labute approximate surface area is 364 Å². The number of carbonyl (C=O) groups excluding carboxylic acids is 2. The molecule has 14 heteroatoms. The summed E-state index contributed by atoms with van der Waals surface area (Å²) in [6.45, 7) is 3.20. The molecule has 0 radical (unpaired) electrons. The van der Waals surface area contributed by atoms with Gasteiger partial charge in [0.25, 0.3) is 0 Å². The highest BCUT2D eigenvalue weighted by molar-refractivity contribution is 8.76. The predicted octanol–water partition coefficient (Wildman–Crippen LogP) is 12.1. The van der Waals surface area contributed by atoms with E-state index in [2.05, 4.69) is 48.1 Å². The van der Waals surface area contributed by atoms with E-state index in [1.54, 1.807) is 6.20 Å². The minimum absolute atomic E-state index is 0.118. The van der Waals surface area contributed by atoms with Crippen LogP contribution in [0.15, 0.2) is 58.7 Å². The van der Waals surface area contributed by atoms with Gasteiger partial charge in [0.15, 0.2) is 6.10 Å². The van der Waals surface area contributed by atoms with Crippen molar-refractivity contribution in [1.29, 1.82) is 0 Å². The Morgan fingerprint density at radius 1 is 0.746 bits per heavy atom. The molecule has 0 aliphatic rings. The summed E-state index contributed by atoms with van der Waals surface area (Å²) in [7, 11) is -1.62. The summed E-state index contributed by atoms with van der Waals surface area (Å²) in [5, 5.41) is 13.0. The third-order valence-electron chi connectivity index (χ3n) is 9.25. The molecule has 0 bridgehead atoms. The molecule has 338 valence electrons. The third-order valence-corrected chi connectivity index (χ3v) is 12.5. The number of phosphoric acid groups is 1. The van der Waals surface area contributed by atoms with Crippen LogP contribution in [0, 0.1) is 0 Å². The highest BCUT2D eigenvalue weighted by Crippen LogP contribution is 2.43. The number of hydrogen-bond acceptors (Lipinski definition) is 12. The Morgan fingerprint density at radius 2 is 1.29 bits per heavy atom. The molecule has 1 unspecified atom stereocenters. The van der Waals surface area contributed by atoms with Crippen molar-refractivity contribution in [1.82, 2.24) is 4.98 Å². The van der Waals surface area contributed by atoms with Gasteiger partial charge in [-0.2, -0.15) is 0 Å². The Balaban J connectivity index is 2.43. The Bertz CT molecular complexity index is 1300. The van der Waals surface area contributed by atoms with E-state index in [9.17, 15) is 24.2 Å². The number of nitrogens with zero attached hydrogens (tertiary/aromatic N) is 2. The molecule has 2 atom stereocenters. The molecule has 0 saturated carbocycles. The first-order chi connectivity index (χ1) is 28.8. The number of allylic oxidation sites excluding steroid dienone is 4. The van der Waals surface area contributed by atoms with Gasteiger partial charge in [0, 0.05) is 24.8 Å². The van der Waals surface area contributed by atoms with Crippen molar-refractivity contribution in [3.8, 4) is 0 Å². The largest absolute Gasteiger partial charge is 0.862 e. The van der Waals surface area contributed by atoms with Crippen molar-refractivity contribution in [3.63, 3.8) is 0 Å². The van der Waals surface area contributed by atoms with Crippen LogP contribution in [0.4, 0.5) is 0 Å². The van der Waals surface area contributed by atoms with Gasteiger partial charge >= 0.3 is 19.8 Å². The van der Waals surface area contributed by atoms with Crippen molar-refractivity contribution in [3.05, 3.63) is 48.7 Å². The lowest BCUT2D eigenvalue weighted by atomic mass is 10.1. The molecule has 0 saturated heterocycles. The smallest absolute Gasteiger partial charge is 0.472 e. The fourth-order valence-corrected chi connectivity index (χ4v) is 8.44. The van der Waals surface area contributed by atoms with Crippen LogP contribution >= 0.6 is 29.4 Å². The average molecular weight is 884 g/mol. The molecule has 11 nitrogen and oxygen atoms in total. The van der Waals surface area contributed by atoms with Gasteiger partial charge in [0.05, 0.1) is 19.8 Å². The van der Waals surface area contributed by atoms with Crippen LogP contribution in [0.2, 0.25) is 0 Å². The molecule has 0 aliphatic heterocycles. The second kappa shape index (κ2) is 40.0. The Hall–Kier alpha value is -2.15. The molecule has 1 N–H and O–H groups in total. The van der Waals surface area contributed by atoms with Crippen LogP contribution in [-0.4, -0.2) is 65.9 Å². The van der Waals surface area contributed by atoms with Gasteiger partial charge in [0.2, 0.25) is 0 Å². The number of esters is 2. The summed E-state index contributed by atoms with van der Waals surface area (Å²) in [6.07, 6.45) is 34.8. The quantitative estimate of drug-likeness (QED) is 0.0126. The van der Waals surface area contributed by atoms with Gasteiger partial charge in [-0.3, -0.25) is 18.6 Å². The summed E-state index contributed by atoms with van der Waals surface area (Å²) in [5.41, 5.74) is 0. The van der Waals surface area contributed by atoms with Crippen LogP contribution in [0.5, 0.6) is 0 Å². The zero-order chi connectivity index (χ0) is 42.9. The van der Waals surface area contributed by atoms with E-state index in [0.29, 0.717) is 18.6 Å². The minimum atomic E-state index is -4.58. The van der Waals surface area contributed by atoms with Crippen molar-refractivity contribution in [2.45, 2.75) is 185 Å². The van der Waals surface area contributed by atoms with Gasteiger partial charge in [-0.25, -0.2) is 9.55 Å². The first kappa shape index (κ1) is 54.9. The lowest BCUT2D eigenvalue weighted by molar-refractivity contribution is -0.218. The molecule has 0 aromatic carbocycles. The second-order valence-corrected chi connectivity index (χ2v) is 18.6. The summed E-state index contributed by atoms with van der Waals surface area (Å²) in [4.78, 5) is 43.6. The fraction of sp³-hybridized carbons (Fsp3) is 0.733. The van der Waals surface area contributed by atoms with Gasteiger partial charge in [-0.05, 0) is 99.5 Å². The molecule has 0 amide bonds. The van der Waals surface area contributed by atoms with Gasteiger partial charge in [0.1, 0.15) is 11.6 Å². The van der Waals surface area contributed by atoms with Crippen LogP contribution in [0.25, 0.3) is 0 Å². The third kappa shape index (κ3) is 37.3. The number of phosphoric ester groups is 1. The van der Waals surface area contributed by atoms with E-state index in [4.69, 9.17) is 18.5 Å². The van der Waals surface area contributed by atoms with Crippen LogP contribution < -0.4 is 5.11 Å². The monoisotopic (exact) mass is 883 g/mol. The Morgan fingerprint density at radius 3 is 1.85 bits per heavy atom. The normalized spacial score (nSPS) is 13.6. The van der Waals surface area contributed by atoms with Crippen LogP contribution in [0.3, 0.4) is 0 Å². The van der Waals surface area contributed by atoms with Crippen molar-refractivity contribution >= 4 is 47.2 Å². The van der Waals surface area contributed by atoms with Gasteiger partial charge in [-0.1, -0.05) is 132 Å². The molecular formula is C45H76N2O9PS2-. The van der Waals surface area contributed by atoms with Crippen molar-refractivity contribution < 1.29 is 42.7 Å². The minimum Gasteiger partial charge on any atom is -0.862 e. The average Bonchev–Trinajstić information content (AvgIpc) is 3.23. The maximum absolute atomic E-state index is 12.7. The number of ether oxygens (including phenoxy) is 2. The fourth-order valence-electron chi connectivity index (χ4n) is 5.84. The number of rotatable bonds is 41. The van der Waals surface area contributed by atoms with Crippen LogP contribution in [-0.2, 0) is 32.7 Å². The lowest BCUT2D eigenvalue weighted by Crippen LogP contribution is -2.29. The molecule has 0 aliphatic carbocycles. The van der Waals surface area contributed by atoms with E-state index in [1.807, 2.05) is 18.2 Å². The van der Waals surface area contributed by atoms with E-state index < -0.39 is 32.5 Å². The molecule has 1 aromatic heterocycles. The van der Waals surface area contributed by atoms with E-state index in [0.717, 1.165) is 82.1 Å². The lowest BCUT2D eigenvalue weighted by Gasteiger charge is -2.20. The molecule has 1 heterocycles.